The summed E-state index contributed by atoms with van der Waals surface area (Å²) in [7, 11) is -3.38. The second kappa shape index (κ2) is 7.96. The second-order valence-corrected chi connectivity index (χ2v) is 7.37. The van der Waals surface area contributed by atoms with Crippen LogP contribution in [0.15, 0.2) is 17.2 Å². The van der Waals surface area contributed by atoms with Crippen LogP contribution in [0.5, 0.6) is 0 Å². The van der Waals surface area contributed by atoms with E-state index < -0.39 is 10.0 Å². The Morgan fingerprint density at radius 2 is 1.86 bits per heavy atom. The van der Waals surface area contributed by atoms with Crippen molar-refractivity contribution in [2.45, 2.75) is 58.5 Å². The molecule has 0 saturated heterocycles. The van der Waals surface area contributed by atoms with Gasteiger partial charge >= 0.3 is 0 Å². The first-order chi connectivity index (χ1) is 9.88. The SMILES string of the molecule is CCCNCc1cc(S(=O)(=O)N(CC)CC)cn1C(C)C. The molecule has 0 saturated carbocycles. The molecule has 0 aliphatic rings. The van der Waals surface area contributed by atoms with E-state index in [0.717, 1.165) is 18.7 Å². The monoisotopic (exact) mass is 315 g/mol. The molecule has 6 heteroatoms. The van der Waals surface area contributed by atoms with Crippen LogP contribution in [0.4, 0.5) is 0 Å². The van der Waals surface area contributed by atoms with Crippen LogP contribution < -0.4 is 5.32 Å². The van der Waals surface area contributed by atoms with Crippen molar-refractivity contribution in [3.05, 3.63) is 18.0 Å². The van der Waals surface area contributed by atoms with E-state index in [2.05, 4.69) is 26.1 Å². The molecular formula is C15H29N3O2S. The van der Waals surface area contributed by atoms with Gasteiger partial charge in [-0.15, -0.1) is 0 Å². The van der Waals surface area contributed by atoms with Crippen LogP contribution in [-0.4, -0.2) is 36.9 Å². The highest BCUT2D eigenvalue weighted by Crippen LogP contribution is 2.22. The Labute approximate surface area is 129 Å². The summed E-state index contributed by atoms with van der Waals surface area (Å²) >= 11 is 0. The Morgan fingerprint density at radius 3 is 2.33 bits per heavy atom. The summed E-state index contributed by atoms with van der Waals surface area (Å²) in [4.78, 5) is 0.396. The highest BCUT2D eigenvalue weighted by molar-refractivity contribution is 7.89. The zero-order chi connectivity index (χ0) is 16.0. The summed E-state index contributed by atoms with van der Waals surface area (Å²) in [5, 5.41) is 3.34. The minimum Gasteiger partial charge on any atom is -0.346 e. The Balaban J connectivity index is 3.12. The van der Waals surface area contributed by atoms with E-state index in [-0.39, 0.29) is 6.04 Å². The number of rotatable bonds is 9. The van der Waals surface area contributed by atoms with Crippen LogP contribution in [0, 0.1) is 0 Å². The lowest BCUT2D eigenvalue weighted by molar-refractivity contribution is 0.445. The third-order valence-corrected chi connectivity index (χ3v) is 5.55. The molecule has 1 aromatic rings. The lowest BCUT2D eigenvalue weighted by Crippen LogP contribution is -2.30. The fraction of sp³-hybridized carbons (Fsp3) is 0.733. The molecular weight excluding hydrogens is 286 g/mol. The van der Waals surface area contributed by atoms with Gasteiger partial charge in [0.15, 0.2) is 0 Å². The molecule has 0 aromatic carbocycles. The summed E-state index contributed by atoms with van der Waals surface area (Å²) in [6.07, 6.45) is 2.83. The number of hydrogen-bond donors (Lipinski definition) is 1. The maximum absolute atomic E-state index is 12.6. The molecule has 0 aliphatic carbocycles. The second-order valence-electron chi connectivity index (χ2n) is 5.43. The van der Waals surface area contributed by atoms with Crippen LogP contribution in [-0.2, 0) is 16.6 Å². The summed E-state index contributed by atoms with van der Waals surface area (Å²) < 4.78 is 28.7. The summed E-state index contributed by atoms with van der Waals surface area (Å²) in [5.41, 5.74) is 1.02. The average molecular weight is 315 g/mol. The molecule has 1 N–H and O–H groups in total. The van der Waals surface area contributed by atoms with Crippen LogP contribution in [0.3, 0.4) is 0 Å². The molecule has 21 heavy (non-hydrogen) atoms. The van der Waals surface area contributed by atoms with Gasteiger partial charge in [0.1, 0.15) is 4.90 Å². The third-order valence-electron chi connectivity index (χ3n) is 3.54. The summed E-state index contributed by atoms with van der Waals surface area (Å²) in [6, 6.07) is 2.04. The quantitative estimate of drug-likeness (QED) is 0.713. The van der Waals surface area contributed by atoms with Gasteiger partial charge in [0, 0.05) is 37.6 Å². The van der Waals surface area contributed by atoms with Crippen LogP contribution in [0.1, 0.15) is 52.8 Å². The number of nitrogens with one attached hydrogen (secondary N) is 1. The normalized spacial score (nSPS) is 12.5. The topological polar surface area (TPSA) is 54.3 Å². The van der Waals surface area contributed by atoms with Crippen LogP contribution in [0.25, 0.3) is 0 Å². The van der Waals surface area contributed by atoms with Gasteiger partial charge in [-0.2, -0.15) is 4.31 Å². The predicted molar refractivity (Wildman–Crippen MR) is 86.9 cm³/mol. The van der Waals surface area contributed by atoms with Crippen molar-refractivity contribution in [2.75, 3.05) is 19.6 Å². The Morgan fingerprint density at radius 1 is 1.24 bits per heavy atom. The highest BCUT2D eigenvalue weighted by atomic mass is 32.2. The largest absolute Gasteiger partial charge is 0.346 e. The van der Waals surface area contributed by atoms with Gasteiger partial charge in [0.05, 0.1) is 0 Å². The maximum Gasteiger partial charge on any atom is 0.244 e. The average Bonchev–Trinajstić information content (AvgIpc) is 2.85. The fourth-order valence-electron chi connectivity index (χ4n) is 2.37. The van der Waals surface area contributed by atoms with Crippen molar-refractivity contribution in [3.8, 4) is 0 Å². The molecule has 0 atom stereocenters. The molecule has 0 amide bonds. The molecule has 122 valence electrons. The van der Waals surface area contributed by atoms with E-state index in [1.54, 1.807) is 12.3 Å². The van der Waals surface area contributed by atoms with Gasteiger partial charge in [0.2, 0.25) is 10.0 Å². The first kappa shape index (κ1) is 18.2. The van der Waals surface area contributed by atoms with Crippen LogP contribution in [0.2, 0.25) is 0 Å². The molecule has 0 radical (unpaired) electrons. The van der Waals surface area contributed by atoms with Gasteiger partial charge in [-0.05, 0) is 32.9 Å². The molecule has 0 aliphatic heterocycles. The first-order valence-electron chi connectivity index (χ1n) is 7.80. The lowest BCUT2D eigenvalue weighted by atomic mass is 10.3. The number of aromatic nitrogens is 1. The van der Waals surface area contributed by atoms with Gasteiger partial charge < -0.3 is 9.88 Å². The van der Waals surface area contributed by atoms with E-state index in [4.69, 9.17) is 0 Å². The molecule has 1 aromatic heterocycles. The Hall–Kier alpha value is -0.850. The third kappa shape index (κ3) is 4.31. The van der Waals surface area contributed by atoms with Gasteiger partial charge in [0.25, 0.3) is 0 Å². The standard InChI is InChI=1S/C15H29N3O2S/c1-6-9-16-11-14-10-15(12-18(14)13(4)5)21(19,20)17(7-2)8-3/h10,12-13,16H,6-9,11H2,1-5H3. The molecule has 0 bridgehead atoms. The fourth-order valence-corrected chi connectivity index (χ4v) is 3.88. The number of sulfonamides is 1. The van der Waals surface area contributed by atoms with Crippen molar-refractivity contribution >= 4 is 10.0 Å². The molecule has 1 heterocycles. The lowest BCUT2D eigenvalue weighted by Gasteiger charge is -2.17. The smallest absolute Gasteiger partial charge is 0.244 e. The Kier molecular flexibility index (Phi) is 6.90. The van der Waals surface area contributed by atoms with Gasteiger partial charge in [-0.3, -0.25) is 0 Å². The van der Waals surface area contributed by atoms with Crippen molar-refractivity contribution in [1.29, 1.82) is 0 Å². The summed E-state index contributed by atoms with van der Waals surface area (Å²) in [6.45, 7) is 12.6. The minimum absolute atomic E-state index is 0.240. The number of hydrogen-bond acceptors (Lipinski definition) is 3. The zero-order valence-electron chi connectivity index (χ0n) is 13.9. The maximum atomic E-state index is 12.6. The van der Waals surface area contributed by atoms with E-state index in [0.29, 0.717) is 24.5 Å². The van der Waals surface area contributed by atoms with Crippen molar-refractivity contribution in [1.82, 2.24) is 14.2 Å². The van der Waals surface area contributed by atoms with Gasteiger partial charge in [-0.25, -0.2) is 8.42 Å². The highest BCUT2D eigenvalue weighted by Gasteiger charge is 2.24. The van der Waals surface area contributed by atoms with Crippen molar-refractivity contribution < 1.29 is 8.42 Å². The van der Waals surface area contributed by atoms with E-state index in [9.17, 15) is 8.42 Å². The van der Waals surface area contributed by atoms with Gasteiger partial charge in [-0.1, -0.05) is 20.8 Å². The molecule has 1 rings (SSSR count). The summed E-state index contributed by atoms with van der Waals surface area (Å²) in [5.74, 6) is 0. The van der Waals surface area contributed by atoms with E-state index >= 15 is 0 Å². The Bertz CT molecular complexity index is 531. The van der Waals surface area contributed by atoms with E-state index in [1.807, 2.05) is 18.4 Å². The van der Waals surface area contributed by atoms with Crippen LogP contribution >= 0.6 is 0 Å². The van der Waals surface area contributed by atoms with Crippen molar-refractivity contribution in [2.24, 2.45) is 0 Å². The molecule has 0 unspecified atom stereocenters. The van der Waals surface area contributed by atoms with Crippen molar-refractivity contribution in [3.63, 3.8) is 0 Å². The number of nitrogens with zero attached hydrogens (tertiary/aromatic N) is 2. The zero-order valence-corrected chi connectivity index (χ0v) is 14.7. The first-order valence-corrected chi connectivity index (χ1v) is 9.24. The molecule has 0 spiro atoms. The molecule has 0 fully saturated rings. The minimum atomic E-state index is -3.38. The van der Waals surface area contributed by atoms with E-state index in [1.165, 1.54) is 4.31 Å². The molecule has 5 nitrogen and oxygen atoms in total. The predicted octanol–water partition coefficient (Wildman–Crippen LogP) is 2.60.